The molecule has 0 heterocycles. The van der Waals surface area contributed by atoms with Gasteiger partial charge >= 0.3 is 0 Å². The highest BCUT2D eigenvalue weighted by atomic mass is 15.1. The van der Waals surface area contributed by atoms with Crippen LogP contribution in [0.1, 0.15) is 28.7 Å². The first-order chi connectivity index (χ1) is 26.7. The maximum absolute atomic E-state index is 9.62. The molecule has 0 radical (unpaired) electrons. The summed E-state index contributed by atoms with van der Waals surface area (Å²) in [6, 6.07) is 60.0. The molecule has 0 unspecified atom stereocenters. The number of nitrogens with zero attached hydrogens (tertiary/aromatic N) is 4. The second-order valence-electron chi connectivity index (χ2n) is 13.9. The Bertz CT molecular complexity index is 3020. The maximum atomic E-state index is 9.62. The van der Waals surface area contributed by atoms with Gasteiger partial charge in [-0.05, 0) is 141 Å². The summed E-state index contributed by atoms with van der Waals surface area (Å²) in [5.41, 5.74) is 10.1. The first-order valence-electron chi connectivity index (χ1n) is 18.3. The molecule has 0 atom stereocenters. The van der Waals surface area contributed by atoms with Gasteiger partial charge in [-0.25, -0.2) is 0 Å². The Morgan fingerprint density at radius 2 is 0.944 bits per heavy atom. The van der Waals surface area contributed by atoms with Crippen molar-refractivity contribution in [1.29, 1.82) is 10.5 Å². The van der Waals surface area contributed by atoms with Crippen molar-refractivity contribution < 1.29 is 0 Å². The highest BCUT2D eigenvalue weighted by Crippen LogP contribution is 2.48. The first kappa shape index (κ1) is 31.3. The predicted octanol–water partition coefficient (Wildman–Crippen LogP) is 13.4. The van der Waals surface area contributed by atoms with E-state index < -0.39 is 0 Å². The highest BCUT2D eigenvalue weighted by molar-refractivity contribution is 6.28. The molecule has 252 valence electrons. The minimum atomic E-state index is 0.627. The predicted molar refractivity (Wildman–Crippen MR) is 224 cm³/mol. The number of allylic oxidation sites excluding steroid dienone is 1. The molecule has 0 amide bonds. The molecule has 0 aromatic heterocycles. The lowest BCUT2D eigenvalue weighted by molar-refractivity contribution is 0.984. The molecule has 0 fully saturated rings. The van der Waals surface area contributed by atoms with Crippen molar-refractivity contribution in [2.75, 3.05) is 9.80 Å². The summed E-state index contributed by atoms with van der Waals surface area (Å²) < 4.78 is 0. The van der Waals surface area contributed by atoms with E-state index in [0.717, 1.165) is 63.1 Å². The van der Waals surface area contributed by atoms with Gasteiger partial charge in [0, 0.05) is 33.5 Å². The lowest BCUT2D eigenvalue weighted by Gasteiger charge is -2.30. The number of nitriles is 2. The van der Waals surface area contributed by atoms with Crippen LogP contribution in [0.5, 0.6) is 0 Å². The number of anilines is 6. The van der Waals surface area contributed by atoms with E-state index in [1.807, 2.05) is 48.5 Å². The fourth-order valence-electron chi connectivity index (χ4n) is 8.26. The molecule has 0 bridgehead atoms. The van der Waals surface area contributed by atoms with Crippen LogP contribution in [0, 0.1) is 22.7 Å². The third-order valence-corrected chi connectivity index (χ3v) is 10.9. The summed E-state index contributed by atoms with van der Waals surface area (Å²) in [6.07, 6.45) is 6.52. The van der Waals surface area contributed by atoms with Crippen LogP contribution in [0.2, 0.25) is 0 Å². The van der Waals surface area contributed by atoms with Gasteiger partial charge in [0.1, 0.15) is 0 Å². The van der Waals surface area contributed by atoms with E-state index in [9.17, 15) is 10.5 Å². The van der Waals surface area contributed by atoms with Gasteiger partial charge in [0.2, 0.25) is 0 Å². The van der Waals surface area contributed by atoms with Crippen molar-refractivity contribution in [3.63, 3.8) is 0 Å². The van der Waals surface area contributed by atoms with Gasteiger partial charge in [-0.1, -0.05) is 84.9 Å². The molecule has 54 heavy (non-hydrogen) atoms. The van der Waals surface area contributed by atoms with Gasteiger partial charge in [0.15, 0.2) is 0 Å². The topological polar surface area (TPSA) is 54.1 Å². The molecule has 0 N–H and O–H groups in total. The fourth-order valence-corrected chi connectivity index (χ4v) is 8.26. The van der Waals surface area contributed by atoms with Gasteiger partial charge in [0.05, 0.1) is 34.6 Å². The Labute approximate surface area is 313 Å². The molecule has 4 heteroatoms. The number of aryl methyl sites for hydroxylation is 1. The van der Waals surface area contributed by atoms with Crippen LogP contribution in [-0.4, -0.2) is 0 Å². The maximum Gasteiger partial charge on any atom is 0.0991 e. The Morgan fingerprint density at radius 1 is 0.444 bits per heavy atom. The van der Waals surface area contributed by atoms with E-state index in [1.54, 1.807) is 0 Å². The summed E-state index contributed by atoms with van der Waals surface area (Å²) >= 11 is 0. The van der Waals surface area contributed by atoms with E-state index >= 15 is 0 Å². The monoisotopic (exact) mass is 688 g/mol. The number of rotatable bonds is 6. The van der Waals surface area contributed by atoms with E-state index in [2.05, 4.69) is 143 Å². The minimum Gasteiger partial charge on any atom is -0.310 e. The molecule has 0 saturated heterocycles. The van der Waals surface area contributed by atoms with Crippen LogP contribution in [0.25, 0.3) is 49.2 Å². The zero-order valence-corrected chi connectivity index (χ0v) is 29.4. The van der Waals surface area contributed by atoms with Crippen molar-refractivity contribution >= 4 is 83.3 Å². The summed E-state index contributed by atoms with van der Waals surface area (Å²) in [4.78, 5) is 4.65. The van der Waals surface area contributed by atoms with E-state index in [1.165, 1.54) is 38.1 Å². The van der Waals surface area contributed by atoms with Crippen molar-refractivity contribution in [3.05, 3.63) is 186 Å². The summed E-state index contributed by atoms with van der Waals surface area (Å²) in [5, 5.41) is 28.7. The van der Waals surface area contributed by atoms with Crippen LogP contribution in [0.4, 0.5) is 34.1 Å². The molecule has 0 saturated carbocycles. The standard InChI is InChI=1S/C50H32N4/c51-31-33-9-19-41(20-10-33)53(43-23-13-35-5-1-3-7-39(35)29-43)47-27-17-37-16-26-46-48(28-18-38-15-25-45(47)49(37)50(38)46)54(42-21-11-34(32-52)12-22-42)44-24-14-36-6-2-4-8-40(36)30-44/h1-3,5-7,9-30H,4,8H2. The third-order valence-electron chi connectivity index (χ3n) is 10.9. The average Bonchev–Trinajstić information content (AvgIpc) is 3.24. The Hall–Kier alpha value is -7.40. The van der Waals surface area contributed by atoms with Crippen LogP contribution in [-0.2, 0) is 6.42 Å². The van der Waals surface area contributed by atoms with Crippen LogP contribution < -0.4 is 9.80 Å². The smallest absolute Gasteiger partial charge is 0.0991 e. The lowest BCUT2D eigenvalue weighted by atomic mass is 9.91. The molecular weight excluding hydrogens is 657 g/mol. The fraction of sp³-hybridized carbons (Fsp3) is 0.0400. The molecule has 1 aliphatic rings. The number of fused-ring (bicyclic) bond motifs is 2. The van der Waals surface area contributed by atoms with Gasteiger partial charge in [-0.3, -0.25) is 0 Å². The number of hydrogen-bond donors (Lipinski definition) is 0. The van der Waals surface area contributed by atoms with Gasteiger partial charge in [0.25, 0.3) is 0 Å². The van der Waals surface area contributed by atoms with E-state index in [4.69, 9.17) is 0 Å². The Kier molecular flexibility index (Phi) is 7.36. The van der Waals surface area contributed by atoms with Crippen LogP contribution >= 0.6 is 0 Å². The molecule has 1 aliphatic carbocycles. The highest BCUT2D eigenvalue weighted by Gasteiger charge is 2.22. The SMILES string of the molecule is N#Cc1ccc(N(c2ccc3c(c2)CCC=C3)c2ccc3ccc4c(N(c5ccc(C#N)cc5)c5ccc6ccccc6c5)ccc5ccc2c3c54)cc1. The van der Waals surface area contributed by atoms with Crippen molar-refractivity contribution in [1.82, 2.24) is 0 Å². The van der Waals surface area contributed by atoms with Crippen molar-refractivity contribution in [3.8, 4) is 12.1 Å². The molecule has 0 spiro atoms. The lowest BCUT2D eigenvalue weighted by Crippen LogP contribution is -2.12. The Balaban J connectivity index is 1.22. The molecule has 9 aromatic carbocycles. The zero-order chi connectivity index (χ0) is 36.2. The van der Waals surface area contributed by atoms with Crippen molar-refractivity contribution in [2.24, 2.45) is 0 Å². The summed E-state index contributed by atoms with van der Waals surface area (Å²) in [6.45, 7) is 0. The Morgan fingerprint density at radius 3 is 1.54 bits per heavy atom. The van der Waals surface area contributed by atoms with E-state index in [0.29, 0.717) is 11.1 Å². The first-order valence-corrected chi connectivity index (χ1v) is 18.3. The molecule has 10 rings (SSSR count). The molecule has 0 aliphatic heterocycles. The van der Waals surface area contributed by atoms with Crippen LogP contribution in [0.15, 0.2) is 164 Å². The summed E-state index contributed by atoms with van der Waals surface area (Å²) in [7, 11) is 0. The summed E-state index contributed by atoms with van der Waals surface area (Å²) in [5.74, 6) is 0. The third kappa shape index (κ3) is 5.13. The number of benzene rings is 9. The molecule has 9 aromatic rings. The van der Waals surface area contributed by atoms with E-state index in [-0.39, 0.29) is 0 Å². The van der Waals surface area contributed by atoms with Crippen molar-refractivity contribution in [2.45, 2.75) is 12.8 Å². The second kappa shape index (κ2) is 12.7. The van der Waals surface area contributed by atoms with Gasteiger partial charge < -0.3 is 9.80 Å². The second-order valence-corrected chi connectivity index (χ2v) is 13.9. The molecule has 4 nitrogen and oxygen atoms in total. The quantitative estimate of drug-likeness (QED) is 0.163. The van der Waals surface area contributed by atoms with Crippen LogP contribution in [0.3, 0.4) is 0 Å². The normalized spacial score (nSPS) is 12.2. The van der Waals surface area contributed by atoms with Gasteiger partial charge in [-0.15, -0.1) is 0 Å². The largest absolute Gasteiger partial charge is 0.310 e. The molecular formula is C50H32N4. The van der Waals surface area contributed by atoms with Gasteiger partial charge in [-0.2, -0.15) is 10.5 Å². The minimum absolute atomic E-state index is 0.627. The number of hydrogen-bond acceptors (Lipinski definition) is 4. The average molecular weight is 689 g/mol. The zero-order valence-electron chi connectivity index (χ0n) is 29.4.